The van der Waals surface area contributed by atoms with Crippen LogP contribution in [-0.4, -0.2) is 17.6 Å². The molecule has 0 saturated heterocycles. The minimum atomic E-state index is 1.16. The van der Waals surface area contributed by atoms with Crippen LogP contribution in [0.2, 0.25) is 0 Å². The lowest BCUT2D eigenvalue weighted by molar-refractivity contribution is 0.460. The van der Waals surface area contributed by atoms with Crippen LogP contribution in [0, 0.1) is 0 Å². The van der Waals surface area contributed by atoms with Gasteiger partial charge in [-0.25, -0.2) is 0 Å². The highest BCUT2D eigenvalue weighted by atomic mass is 28.2. The van der Waals surface area contributed by atoms with Gasteiger partial charge >= 0.3 is 0 Å². The van der Waals surface area contributed by atoms with E-state index in [0.29, 0.717) is 0 Å². The minimum Gasteiger partial charge on any atom is -0.422 e. The molecule has 1 aromatic carbocycles. The van der Waals surface area contributed by atoms with E-state index >= 15 is 0 Å². The Kier molecular flexibility index (Phi) is 7.64. The maximum absolute atomic E-state index is 4.06. The van der Waals surface area contributed by atoms with Crippen molar-refractivity contribution < 1.29 is 4.43 Å². The van der Waals surface area contributed by atoms with Gasteiger partial charge in [0.1, 0.15) is 0 Å². The SMILES string of the molecule is CCc1ccccc1CC.CO[Si]. The largest absolute Gasteiger partial charge is 0.422 e. The molecule has 0 atom stereocenters. The number of hydrogen-bond donors (Lipinski definition) is 0. The average molecular weight is 193 g/mol. The van der Waals surface area contributed by atoms with Crippen LogP contribution in [0.1, 0.15) is 25.0 Å². The van der Waals surface area contributed by atoms with Gasteiger partial charge in [0.25, 0.3) is 0 Å². The fourth-order valence-corrected chi connectivity index (χ4v) is 1.25. The van der Waals surface area contributed by atoms with Gasteiger partial charge in [0.05, 0.1) is 0 Å². The predicted molar refractivity (Wildman–Crippen MR) is 58.0 cm³/mol. The first-order valence-corrected chi connectivity index (χ1v) is 4.97. The lowest BCUT2D eigenvalue weighted by Gasteiger charge is -2.02. The molecule has 2 heteroatoms. The quantitative estimate of drug-likeness (QED) is 0.656. The van der Waals surface area contributed by atoms with Crippen LogP contribution in [-0.2, 0) is 17.3 Å². The molecule has 0 unspecified atom stereocenters. The molecule has 71 valence electrons. The van der Waals surface area contributed by atoms with Crippen molar-refractivity contribution in [2.45, 2.75) is 26.7 Å². The van der Waals surface area contributed by atoms with Crippen molar-refractivity contribution in [3.63, 3.8) is 0 Å². The summed E-state index contributed by atoms with van der Waals surface area (Å²) >= 11 is 0. The number of rotatable bonds is 2. The van der Waals surface area contributed by atoms with E-state index in [-0.39, 0.29) is 0 Å². The van der Waals surface area contributed by atoms with E-state index in [9.17, 15) is 0 Å². The second-order valence-electron chi connectivity index (χ2n) is 2.68. The van der Waals surface area contributed by atoms with Crippen molar-refractivity contribution in [1.82, 2.24) is 0 Å². The highest BCUT2D eigenvalue weighted by molar-refractivity contribution is 5.97. The summed E-state index contributed by atoms with van der Waals surface area (Å²) in [7, 11) is 4.22. The van der Waals surface area contributed by atoms with Crippen molar-refractivity contribution in [1.29, 1.82) is 0 Å². The topological polar surface area (TPSA) is 9.23 Å². The van der Waals surface area contributed by atoms with Crippen molar-refractivity contribution in [3.8, 4) is 0 Å². The highest BCUT2D eigenvalue weighted by Gasteiger charge is 1.93. The van der Waals surface area contributed by atoms with Crippen molar-refractivity contribution in [3.05, 3.63) is 35.4 Å². The van der Waals surface area contributed by atoms with Gasteiger partial charge in [-0.15, -0.1) is 0 Å². The first-order chi connectivity index (χ1) is 6.29. The molecule has 0 fully saturated rings. The molecule has 0 aromatic heterocycles. The summed E-state index contributed by atoms with van der Waals surface area (Å²) in [6.07, 6.45) is 2.31. The summed E-state index contributed by atoms with van der Waals surface area (Å²) < 4.78 is 4.06. The van der Waals surface area contributed by atoms with Crippen LogP contribution in [0.25, 0.3) is 0 Å². The van der Waals surface area contributed by atoms with Crippen LogP contribution in [0.3, 0.4) is 0 Å². The van der Waals surface area contributed by atoms with Crippen LogP contribution in [0.15, 0.2) is 24.3 Å². The van der Waals surface area contributed by atoms with Gasteiger partial charge in [-0.05, 0) is 24.0 Å². The molecule has 0 aliphatic rings. The molecule has 1 nitrogen and oxygen atoms in total. The number of hydrogen-bond acceptors (Lipinski definition) is 1. The molecule has 1 aromatic rings. The van der Waals surface area contributed by atoms with E-state index in [4.69, 9.17) is 0 Å². The molecule has 0 heterocycles. The van der Waals surface area contributed by atoms with Crippen molar-refractivity contribution in [2.75, 3.05) is 7.11 Å². The van der Waals surface area contributed by atoms with Gasteiger partial charge in [-0.1, -0.05) is 38.1 Å². The molecule has 0 amide bonds. The molecule has 0 spiro atoms. The molecule has 0 bridgehead atoms. The summed E-state index contributed by atoms with van der Waals surface area (Å²) in [5.74, 6) is 0. The summed E-state index contributed by atoms with van der Waals surface area (Å²) in [6, 6.07) is 8.63. The Bertz CT molecular complexity index is 200. The Labute approximate surface area is 84.7 Å². The average Bonchev–Trinajstić information content (AvgIpc) is 2.19. The third-order valence-electron chi connectivity index (χ3n) is 1.88. The van der Waals surface area contributed by atoms with Crippen molar-refractivity contribution in [2.24, 2.45) is 0 Å². The van der Waals surface area contributed by atoms with Crippen LogP contribution < -0.4 is 0 Å². The van der Waals surface area contributed by atoms with Crippen LogP contribution in [0.4, 0.5) is 0 Å². The van der Waals surface area contributed by atoms with Gasteiger partial charge in [-0.2, -0.15) is 0 Å². The maximum atomic E-state index is 4.06. The zero-order chi connectivity index (χ0) is 10.1. The smallest absolute Gasteiger partial charge is 0.245 e. The summed E-state index contributed by atoms with van der Waals surface area (Å²) in [5, 5.41) is 0. The Morgan fingerprint density at radius 1 is 1.08 bits per heavy atom. The van der Waals surface area contributed by atoms with E-state index in [1.54, 1.807) is 0 Å². The standard InChI is InChI=1S/C10H14.CH3OSi/c1-3-9-7-5-6-8-10(9)4-2;1-2-3/h5-8H,3-4H2,1-2H3;1H3. The molecular formula is C11H17OSi. The number of benzene rings is 1. The lowest BCUT2D eigenvalue weighted by Crippen LogP contribution is -1.88. The summed E-state index contributed by atoms with van der Waals surface area (Å²) in [5.41, 5.74) is 2.98. The van der Waals surface area contributed by atoms with Gasteiger partial charge in [-0.3, -0.25) is 0 Å². The zero-order valence-electron chi connectivity index (χ0n) is 8.63. The van der Waals surface area contributed by atoms with Gasteiger partial charge in [0.15, 0.2) is 0 Å². The predicted octanol–water partition coefficient (Wildman–Crippen LogP) is 2.53. The lowest BCUT2D eigenvalue weighted by atomic mass is 10.0. The highest BCUT2D eigenvalue weighted by Crippen LogP contribution is 2.08. The van der Waals surface area contributed by atoms with Crippen LogP contribution in [0.5, 0.6) is 0 Å². The van der Waals surface area contributed by atoms with Crippen LogP contribution >= 0.6 is 0 Å². The zero-order valence-corrected chi connectivity index (χ0v) is 9.63. The molecule has 0 aliphatic carbocycles. The molecule has 0 saturated carbocycles. The van der Waals surface area contributed by atoms with Gasteiger partial charge < -0.3 is 4.43 Å². The third kappa shape index (κ3) is 4.86. The number of aryl methyl sites for hydroxylation is 2. The molecule has 1 rings (SSSR count). The normalized spacial score (nSPS) is 8.92. The Morgan fingerprint density at radius 3 is 1.62 bits per heavy atom. The van der Waals surface area contributed by atoms with E-state index in [2.05, 4.69) is 53.0 Å². The maximum Gasteiger partial charge on any atom is 0.245 e. The first-order valence-electron chi connectivity index (χ1n) is 4.56. The second-order valence-corrected chi connectivity index (χ2v) is 3.09. The van der Waals surface area contributed by atoms with Gasteiger partial charge in [0, 0.05) is 7.11 Å². The Morgan fingerprint density at radius 2 is 1.38 bits per heavy atom. The summed E-state index contributed by atoms with van der Waals surface area (Å²) in [6.45, 7) is 4.41. The van der Waals surface area contributed by atoms with E-state index in [1.807, 2.05) is 0 Å². The van der Waals surface area contributed by atoms with Gasteiger partial charge in [0.2, 0.25) is 10.5 Å². The molecule has 0 N–H and O–H groups in total. The van der Waals surface area contributed by atoms with Crippen molar-refractivity contribution >= 4 is 10.5 Å². The second kappa shape index (κ2) is 8.02. The Balaban J connectivity index is 0.000000424. The fraction of sp³-hybridized carbons (Fsp3) is 0.455. The molecule has 3 radical (unpaired) electrons. The fourth-order valence-electron chi connectivity index (χ4n) is 1.25. The Hall–Kier alpha value is -0.603. The van der Waals surface area contributed by atoms with E-state index in [0.717, 1.165) is 12.8 Å². The molecular weight excluding hydrogens is 176 g/mol. The monoisotopic (exact) mass is 193 g/mol. The molecule has 13 heavy (non-hydrogen) atoms. The summed E-state index contributed by atoms with van der Waals surface area (Å²) in [4.78, 5) is 0. The first kappa shape index (κ1) is 12.4. The third-order valence-corrected chi connectivity index (χ3v) is 1.88. The van der Waals surface area contributed by atoms with E-state index < -0.39 is 0 Å². The van der Waals surface area contributed by atoms with E-state index in [1.165, 1.54) is 18.2 Å². The molecule has 0 aliphatic heterocycles. The minimum absolute atomic E-state index is 1.16.